The fourth-order valence-electron chi connectivity index (χ4n) is 4.23. The SMILES string of the molecule is CN(C)CCCN1CC(C(=O)Nc2cccc3c2C(=O)c2ccccc2C3=O)CC1=O. The second-order valence-corrected chi connectivity index (χ2v) is 8.32. The lowest BCUT2D eigenvalue weighted by molar-refractivity contribution is -0.128. The van der Waals surface area contributed by atoms with E-state index in [1.807, 2.05) is 14.1 Å². The zero-order valence-electron chi connectivity index (χ0n) is 17.7. The number of carbonyl (C=O) groups is 4. The highest BCUT2D eigenvalue weighted by atomic mass is 16.2. The number of amides is 2. The van der Waals surface area contributed by atoms with Crippen molar-refractivity contribution in [1.82, 2.24) is 9.80 Å². The molecular formula is C24H25N3O4. The first-order valence-electron chi connectivity index (χ1n) is 10.4. The molecule has 4 rings (SSSR count). The number of rotatable bonds is 6. The molecule has 1 aliphatic carbocycles. The fraction of sp³-hybridized carbons (Fsp3) is 0.333. The third-order valence-corrected chi connectivity index (χ3v) is 5.83. The number of likely N-dealkylation sites (tertiary alicyclic amines) is 1. The highest BCUT2D eigenvalue weighted by molar-refractivity contribution is 6.30. The normalized spacial score (nSPS) is 17.7. The predicted molar refractivity (Wildman–Crippen MR) is 116 cm³/mol. The van der Waals surface area contributed by atoms with Crippen LogP contribution in [0.1, 0.15) is 44.7 Å². The van der Waals surface area contributed by atoms with E-state index in [2.05, 4.69) is 10.2 Å². The molecule has 2 aliphatic rings. The number of nitrogens with one attached hydrogen (secondary N) is 1. The summed E-state index contributed by atoms with van der Waals surface area (Å²) in [7, 11) is 3.96. The van der Waals surface area contributed by atoms with Crippen molar-refractivity contribution < 1.29 is 19.2 Å². The van der Waals surface area contributed by atoms with E-state index in [1.54, 1.807) is 47.4 Å². The number of anilines is 1. The zero-order chi connectivity index (χ0) is 22.1. The third kappa shape index (κ3) is 4.01. The van der Waals surface area contributed by atoms with E-state index >= 15 is 0 Å². The van der Waals surface area contributed by atoms with Crippen LogP contribution < -0.4 is 5.32 Å². The Kier molecular flexibility index (Phi) is 5.69. The standard InChI is InChI=1S/C24H25N3O4/c1-26(2)11-6-12-27-14-15(13-20(27)28)24(31)25-19-10-5-9-18-21(19)23(30)17-8-4-3-7-16(17)22(18)29/h3-5,7-10,15H,6,11-14H2,1-2H3,(H,25,31). The molecule has 0 saturated carbocycles. The van der Waals surface area contributed by atoms with E-state index in [1.165, 1.54) is 0 Å². The Hall–Kier alpha value is -3.32. The molecule has 7 heteroatoms. The molecule has 31 heavy (non-hydrogen) atoms. The van der Waals surface area contributed by atoms with Crippen LogP contribution in [0.15, 0.2) is 42.5 Å². The van der Waals surface area contributed by atoms with Crippen molar-refractivity contribution in [3.05, 3.63) is 64.7 Å². The van der Waals surface area contributed by atoms with Gasteiger partial charge in [-0.1, -0.05) is 36.4 Å². The van der Waals surface area contributed by atoms with Crippen molar-refractivity contribution in [3.8, 4) is 0 Å². The Morgan fingerprint density at radius 2 is 1.68 bits per heavy atom. The molecule has 0 aromatic heterocycles. The highest BCUT2D eigenvalue weighted by Gasteiger charge is 2.36. The Balaban J connectivity index is 1.51. The van der Waals surface area contributed by atoms with E-state index in [0.717, 1.165) is 13.0 Å². The number of hydrogen-bond acceptors (Lipinski definition) is 5. The maximum Gasteiger partial charge on any atom is 0.229 e. The lowest BCUT2D eigenvalue weighted by atomic mass is 9.83. The average molecular weight is 419 g/mol. The van der Waals surface area contributed by atoms with E-state index in [9.17, 15) is 19.2 Å². The van der Waals surface area contributed by atoms with Gasteiger partial charge in [-0.15, -0.1) is 0 Å². The van der Waals surface area contributed by atoms with E-state index in [0.29, 0.717) is 29.9 Å². The van der Waals surface area contributed by atoms with Gasteiger partial charge in [0.2, 0.25) is 11.8 Å². The molecule has 1 unspecified atom stereocenters. The second kappa shape index (κ2) is 8.43. The average Bonchev–Trinajstić information content (AvgIpc) is 3.12. The molecule has 2 aromatic rings. The number of nitrogens with zero attached hydrogens (tertiary/aromatic N) is 2. The Morgan fingerprint density at radius 3 is 2.39 bits per heavy atom. The first kappa shape index (κ1) is 20.9. The molecule has 1 N–H and O–H groups in total. The van der Waals surface area contributed by atoms with Gasteiger partial charge in [0.25, 0.3) is 0 Å². The summed E-state index contributed by atoms with van der Waals surface area (Å²) in [5.74, 6) is -1.34. The maximum absolute atomic E-state index is 13.1. The maximum atomic E-state index is 13.1. The molecule has 1 fully saturated rings. The van der Waals surface area contributed by atoms with Gasteiger partial charge in [-0.2, -0.15) is 0 Å². The van der Waals surface area contributed by atoms with Gasteiger partial charge >= 0.3 is 0 Å². The monoisotopic (exact) mass is 419 g/mol. The quantitative estimate of drug-likeness (QED) is 0.662. The third-order valence-electron chi connectivity index (χ3n) is 5.83. The van der Waals surface area contributed by atoms with Gasteiger partial charge in [-0.25, -0.2) is 0 Å². The fourth-order valence-corrected chi connectivity index (χ4v) is 4.23. The molecule has 0 radical (unpaired) electrons. The Labute approximate surface area is 181 Å². The highest BCUT2D eigenvalue weighted by Crippen LogP contribution is 2.32. The first-order chi connectivity index (χ1) is 14.9. The van der Waals surface area contributed by atoms with Crippen LogP contribution in [0.4, 0.5) is 5.69 Å². The van der Waals surface area contributed by atoms with Crippen molar-refractivity contribution in [1.29, 1.82) is 0 Å². The summed E-state index contributed by atoms with van der Waals surface area (Å²) in [6.07, 6.45) is 0.994. The Morgan fingerprint density at radius 1 is 1.00 bits per heavy atom. The minimum atomic E-state index is -0.482. The predicted octanol–water partition coefficient (Wildman–Crippen LogP) is 2.20. The molecule has 2 amide bonds. The van der Waals surface area contributed by atoms with Gasteiger partial charge in [-0.05, 0) is 33.1 Å². The van der Waals surface area contributed by atoms with Crippen molar-refractivity contribution >= 4 is 29.1 Å². The molecular weight excluding hydrogens is 394 g/mol. The molecule has 1 aliphatic heterocycles. The van der Waals surface area contributed by atoms with Gasteiger partial charge in [0.05, 0.1) is 17.2 Å². The van der Waals surface area contributed by atoms with Crippen molar-refractivity contribution in [2.45, 2.75) is 12.8 Å². The number of carbonyl (C=O) groups excluding carboxylic acids is 4. The van der Waals surface area contributed by atoms with Crippen molar-refractivity contribution in [3.63, 3.8) is 0 Å². The molecule has 7 nitrogen and oxygen atoms in total. The van der Waals surface area contributed by atoms with E-state index in [4.69, 9.17) is 0 Å². The lowest BCUT2D eigenvalue weighted by Crippen LogP contribution is -2.31. The van der Waals surface area contributed by atoms with Crippen LogP contribution in [0.5, 0.6) is 0 Å². The molecule has 2 aromatic carbocycles. The lowest BCUT2D eigenvalue weighted by Gasteiger charge is -2.21. The number of benzene rings is 2. The van der Waals surface area contributed by atoms with Gasteiger partial charge in [0, 0.05) is 36.2 Å². The van der Waals surface area contributed by atoms with Crippen molar-refractivity contribution in [2.24, 2.45) is 5.92 Å². The summed E-state index contributed by atoms with van der Waals surface area (Å²) in [5.41, 5.74) is 1.53. The molecule has 1 saturated heterocycles. The molecule has 0 bridgehead atoms. The van der Waals surface area contributed by atoms with Gasteiger partial charge < -0.3 is 15.1 Å². The first-order valence-corrected chi connectivity index (χ1v) is 10.4. The van der Waals surface area contributed by atoms with Crippen LogP contribution in [-0.4, -0.2) is 66.9 Å². The number of hydrogen-bond donors (Lipinski definition) is 1. The van der Waals surface area contributed by atoms with Crippen LogP contribution in [-0.2, 0) is 9.59 Å². The van der Waals surface area contributed by atoms with E-state index in [-0.39, 0.29) is 40.9 Å². The zero-order valence-corrected chi connectivity index (χ0v) is 17.7. The molecule has 160 valence electrons. The van der Waals surface area contributed by atoms with Crippen LogP contribution in [0.2, 0.25) is 0 Å². The summed E-state index contributed by atoms with van der Waals surface area (Å²) in [6.45, 7) is 1.85. The van der Waals surface area contributed by atoms with Gasteiger partial charge in [0.15, 0.2) is 11.6 Å². The molecule has 0 spiro atoms. The molecule has 1 heterocycles. The molecule has 1 atom stereocenters. The van der Waals surface area contributed by atoms with Crippen LogP contribution in [0.25, 0.3) is 0 Å². The van der Waals surface area contributed by atoms with Crippen LogP contribution in [0, 0.1) is 5.92 Å². The Bertz CT molecular complexity index is 1080. The van der Waals surface area contributed by atoms with Crippen LogP contribution >= 0.6 is 0 Å². The summed E-state index contributed by atoms with van der Waals surface area (Å²) in [4.78, 5) is 55.0. The van der Waals surface area contributed by atoms with Crippen molar-refractivity contribution in [2.75, 3.05) is 39.0 Å². The number of ketones is 2. The summed E-state index contributed by atoms with van der Waals surface area (Å²) >= 11 is 0. The summed E-state index contributed by atoms with van der Waals surface area (Å²) < 4.78 is 0. The van der Waals surface area contributed by atoms with Gasteiger partial charge in [-0.3, -0.25) is 19.2 Å². The second-order valence-electron chi connectivity index (χ2n) is 8.32. The van der Waals surface area contributed by atoms with Gasteiger partial charge in [0.1, 0.15) is 0 Å². The summed E-state index contributed by atoms with van der Waals surface area (Å²) in [5, 5.41) is 2.81. The topological polar surface area (TPSA) is 86.8 Å². The minimum absolute atomic E-state index is 0.0332. The summed E-state index contributed by atoms with van der Waals surface area (Å²) in [6, 6.07) is 11.6. The largest absolute Gasteiger partial charge is 0.342 e. The smallest absolute Gasteiger partial charge is 0.229 e. The minimum Gasteiger partial charge on any atom is -0.342 e. The number of fused-ring (bicyclic) bond motifs is 2. The van der Waals surface area contributed by atoms with Crippen LogP contribution in [0.3, 0.4) is 0 Å². The van der Waals surface area contributed by atoms with E-state index < -0.39 is 5.92 Å².